The Hall–Kier alpha value is -6.03. The lowest BCUT2D eigenvalue weighted by atomic mass is 9.96. The van der Waals surface area contributed by atoms with E-state index < -0.39 is 28.7 Å². The maximum Gasteiger partial charge on any atom is 0.338 e. The summed E-state index contributed by atoms with van der Waals surface area (Å²) in [5.41, 5.74) is 1.99. The van der Waals surface area contributed by atoms with Gasteiger partial charge in [0.25, 0.3) is 0 Å². The first-order valence-corrected chi connectivity index (χ1v) is 24.7. The Bertz CT molecular complexity index is 2140. The molecule has 6 rings (SSSR count). The Balaban J connectivity index is 0.000000341. The molecule has 3 aromatic carbocycles. The number of carboxylic acid groups (broad SMARTS) is 1. The summed E-state index contributed by atoms with van der Waals surface area (Å²) in [6, 6.07) is 20.0. The van der Waals surface area contributed by atoms with E-state index in [1.165, 1.54) is 24.3 Å². The summed E-state index contributed by atoms with van der Waals surface area (Å²) in [6.07, 6.45) is 4.77. The van der Waals surface area contributed by atoms with Crippen LogP contribution in [-0.2, 0) is 38.1 Å². The first-order chi connectivity index (χ1) is 33.3. The van der Waals surface area contributed by atoms with Gasteiger partial charge in [0, 0.05) is 37.6 Å². The zero-order chi connectivity index (χ0) is 52.9. The van der Waals surface area contributed by atoms with Gasteiger partial charge in [-0.05, 0) is 201 Å². The molecule has 0 spiro atoms. The number of carboxylic acids is 1. The van der Waals surface area contributed by atoms with Crippen molar-refractivity contribution in [3.8, 4) is 0 Å². The molecular formula is C56H82FN3O12. The summed E-state index contributed by atoms with van der Waals surface area (Å²) in [5, 5.41) is 12.2. The van der Waals surface area contributed by atoms with Crippen molar-refractivity contribution >= 4 is 47.2 Å². The van der Waals surface area contributed by atoms with Gasteiger partial charge >= 0.3 is 35.8 Å². The fraction of sp³-hybridized carbons (Fsp3) is 0.571. The monoisotopic (exact) mass is 1010 g/mol. The van der Waals surface area contributed by atoms with E-state index >= 15 is 0 Å². The Morgan fingerprint density at radius 1 is 0.514 bits per heavy atom. The van der Waals surface area contributed by atoms with Gasteiger partial charge in [0.1, 0.15) is 22.6 Å². The predicted molar refractivity (Wildman–Crippen MR) is 278 cm³/mol. The number of nitrogens with zero attached hydrogens (tertiary/aromatic N) is 2. The number of rotatable bonds is 10. The fourth-order valence-electron chi connectivity index (χ4n) is 7.55. The lowest BCUT2D eigenvalue weighted by molar-refractivity contribution is -0.149. The van der Waals surface area contributed by atoms with E-state index in [0.29, 0.717) is 42.7 Å². The van der Waals surface area contributed by atoms with Gasteiger partial charge in [0.05, 0.1) is 47.7 Å². The van der Waals surface area contributed by atoms with Crippen LogP contribution in [0.4, 0.5) is 15.8 Å². The van der Waals surface area contributed by atoms with Gasteiger partial charge in [-0.3, -0.25) is 14.4 Å². The van der Waals surface area contributed by atoms with Crippen molar-refractivity contribution in [2.75, 3.05) is 62.3 Å². The van der Waals surface area contributed by atoms with Gasteiger partial charge in [-0.25, -0.2) is 18.8 Å². The van der Waals surface area contributed by atoms with Gasteiger partial charge in [0.15, 0.2) is 0 Å². The average Bonchev–Trinajstić information content (AvgIpc) is 3.31. The van der Waals surface area contributed by atoms with E-state index in [4.69, 9.17) is 28.8 Å². The van der Waals surface area contributed by atoms with Crippen molar-refractivity contribution in [3.05, 3.63) is 95.3 Å². The summed E-state index contributed by atoms with van der Waals surface area (Å²) in [5.74, 6) is -2.34. The Kier molecular flexibility index (Phi) is 25.4. The molecule has 3 aliphatic heterocycles. The second-order valence-corrected chi connectivity index (χ2v) is 20.5. The van der Waals surface area contributed by atoms with Crippen LogP contribution in [0.5, 0.6) is 0 Å². The molecule has 0 saturated carbocycles. The van der Waals surface area contributed by atoms with E-state index in [2.05, 4.69) is 15.1 Å². The van der Waals surface area contributed by atoms with Gasteiger partial charge in [-0.2, -0.15) is 0 Å². The number of anilines is 2. The van der Waals surface area contributed by atoms with Crippen LogP contribution in [0.2, 0.25) is 0 Å². The number of carbonyl (C=O) groups is 6. The summed E-state index contributed by atoms with van der Waals surface area (Å²) >= 11 is 0. The Morgan fingerprint density at radius 3 is 1.10 bits per heavy atom. The molecule has 0 bridgehead atoms. The van der Waals surface area contributed by atoms with E-state index in [0.717, 1.165) is 76.3 Å². The second kappa shape index (κ2) is 29.5. The largest absolute Gasteiger partial charge is 0.481 e. The molecule has 0 atom stereocenters. The van der Waals surface area contributed by atoms with Crippen LogP contribution in [0, 0.1) is 23.6 Å². The van der Waals surface area contributed by atoms with E-state index in [1.54, 1.807) is 45.0 Å². The van der Waals surface area contributed by atoms with Crippen LogP contribution >= 0.6 is 0 Å². The number of esters is 5. The molecule has 3 aromatic rings. The molecule has 0 radical (unpaired) electrons. The highest BCUT2D eigenvalue weighted by atomic mass is 19.1. The third-order valence-electron chi connectivity index (χ3n) is 11.1. The molecule has 0 unspecified atom stereocenters. The van der Waals surface area contributed by atoms with Gasteiger partial charge in [-0.15, -0.1) is 0 Å². The van der Waals surface area contributed by atoms with Crippen LogP contribution in [0.15, 0.2) is 72.8 Å². The SMILES string of the molecule is C.CC(C)(C)OC(=O)c1ccc(F)cc1.CC(C)(C)OC(=O)c1ccc(N2CCC(C(=O)O)CC2)cc1.CCOC(=O)C1CCN(c2ccc(C(=O)OC(C)(C)C)cc2)CC1.CCOC(=O)C1CCNCC1. The number of piperidine rings is 3. The van der Waals surface area contributed by atoms with Crippen molar-refractivity contribution in [1.82, 2.24) is 5.32 Å². The van der Waals surface area contributed by atoms with Crippen LogP contribution in [0.1, 0.15) is 153 Å². The number of ether oxygens (including phenoxy) is 5. The molecule has 400 valence electrons. The van der Waals surface area contributed by atoms with Crippen LogP contribution < -0.4 is 15.1 Å². The van der Waals surface area contributed by atoms with Crippen LogP contribution in [0.3, 0.4) is 0 Å². The molecule has 2 N–H and O–H groups in total. The first-order valence-electron chi connectivity index (χ1n) is 24.7. The van der Waals surface area contributed by atoms with Crippen molar-refractivity contribution in [1.29, 1.82) is 0 Å². The van der Waals surface area contributed by atoms with Crippen molar-refractivity contribution < 1.29 is 61.9 Å². The molecule has 16 heteroatoms. The van der Waals surface area contributed by atoms with Gasteiger partial charge in [0.2, 0.25) is 0 Å². The third-order valence-corrected chi connectivity index (χ3v) is 11.1. The highest BCUT2D eigenvalue weighted by Gasteiger charge is 2.28. The number of hydrogen-bond donors (Lipinski definition) is 2. The number of carbonyl (C=O) groups excluding carboxylic acids is 5. The predicted octanol–water partition coefficient (Wildman–Crippen LogP) is 10.3. The zero-order valence-electron chi connectivity index (χ0n) is 43.8. The zero-order valence-corrected chi connectivity index (χ0v) is 43.8. The van der Waals surface area contributed by atoms with Crippen molar-refractivity contribution in [2.45, 2.75) is 139 Å². The molecular weight excluding hydrogens is 926 g/mol. The summed E-state index contributed by atoms with van der Waals surface area (Å²) < 4.78 is 38.3. The average molecular weight is 1010 g/mol. The van der Waals surface area contributed by atoms with E-state index in [1.807, 2.05) is 79.7 Å². The van der Waals surface area contributed by atoms with E-state index in [-0.39, 0.29) is 54.9 Å². The molecule has 3 aliphatic rings. The normalized spacial score (nSPS) is 15.5. The van der Waals surface area contributed by atoms with E-state index in [9.17, 15) is 33.2 Å². The summed E-state index contributed by atoms with van der Waals surface area (Å²) in [4.78, 5) is 73.7. The maximum absolute atomic E-state index is 12.5. The van der Waals surface area contributed by atoms with Crippen molar-refractivity contribution in [2.24, 2.45) is 17.8 Å². The Labute approximate surface area is 427 Å². The molecule has 15 nitrogen and oxygen atoms in total. The smallest absolute Gasteiger partial charge is 0.338 e. The maximum atomic E-state index is 12.5. The minimum absolute atomic E-state index is 0. The molecule has 3 fully saturated rings. The lowest BCUT2D eigenvalue weighted by Crippen LogP contribution is -2.37. The van der Waals surface area contributed by atoms with Gasteiger partial charge in [-0.1, -0.05) is 7.43 Å². The molecule has 0 aromatic heterocycles. The number of hydrogen-bond acceptors (Lipinski definition) is 14. The molecule has 3 heterocycles. The number of nitrogens with one attached hydrogen (secondary N) is 1. The summed E-state index contributed by atoms with van der Waals surface area (Å²) in [7, 11) is 0. The number of benzene rings is 3. The molecule has 72 heavy (non-hydrogen) atoms. The molecule has 0 amide bonds. The van der Waals surface area contributed by atoms with Crippen molar-refractivity contribution in [3.63, 3.8) is 0 Å². The standard InChI is InChI=1S/C19H27NO4.C17H23NO4.C11H13FO2.C8H15NO2.CH4/c1-5-23-17(21)15-10-12-20(13-11-15)16-8-6-14(7-9-16)18(22)24-19(2,3)4;1-17(2,3)22-16(21)13-4-6-14(7-5-13)18-10-8-12(9-11-18)15(19)20;1-11(2,3)14-10(13)8-4-6-9(12)7-5-8;1-2-11-8(10)7-3-5-9-6-4-7;/h6-9,15H,5,10-13H2,1-4H3;4-7,12H,8-11H2,1-3H3,(H,19,20);4-7H,1-3H3;7,9H,2-6H2,1H3;1H4. The topological polar surface area (TPSA) is 187 Å². The van der Waals surface area contributed by atoms with Crippen LogP contribution in [0.25, 0.3) is 0 Å². The minimum Gasteiger partial charge on any atom is -0.481 e. The number of halogens is 1. The highest BCUT2D eigenvalue weighted by molar-refractivity contribution is 5.91. The molecule has 3 saturated heterocycles. The number of aliphatic carboxylic acids is 1. The van der Waals surface area contributed by atoms with Gasteiger partial charge < -0.3 is 43.9 Å². The molecule has 0 aliphatic carbocycles. The highest BCUT2D eigenvalue weighted by Crippen LogP contribution is 2.27. The third kappa shape index (κ3) is 23.0. The minimum atomic E-state index is -0.708. The lowest BCUT2D eigenvalue weighted by Gasteiger charge is -2.32. The summed E-state index contributed by atoms with van der Waals surface area (Å²) in [6.45, 7) is 26.0. The first kappa shape index (κ1) is 62.1. The van der Waals surface area contributed by atoms with Crippen LogP contribution in [-0.4, -0.2) is 110 Å². The second-order valence-electron chi connectivity index (χ2n) is 20.5. The Morgan fingerprint density at radius 2 is 0.806 bits per heavy atom. The quantitative estimate of drug-likeness (QED) is 0.144. The fourth-order valence-corrected chi connectivity index (χ4v) is 7.55.